The molecule has 0 aromatic rings. The van der Waals surface area contributed by atoms with Gasteiger partial charge in [0, 0.05) is 11.9 Å². The quantitative estimate of drug-likeness (QED) is 0.576. The molecule has 15 heavy (non-hydrogen) atoms. The van der Waals surface area contributed by atoms with Crippen LogP contribution < -0.4 is 0 Å². The molecule has 0 amide bonds. The standard InChI is InChI=1S/C14H19N/c1-11-5-7-14(4)10-12(2)9-13(3)15(14)8-6-11/h5-6,8-10H,7H2,1-4H3/t14-/m1/s1. The van der Waals surface area contributed by atoms with Gasteiger partial charge in [-0.15, -0.1) is 0 Å². The zero-order chi connectivity index (χ0) is 11.1. The fourth-order valence-electron chi connectivity index (χ4n) is 2.48. The van der Waals surface area contributed by atoms with Gasteiger partial charge in [0.2, 0.25) is 0 Å². The van der Waals surface area contributed by atoms with Gasteiger partial charge in [-0.3, -0.25) is 0 Å². The second-order valence-corrected chi connectivity index (χ2v) is 4.87. The van der Waals surface area contributed by atoms with E-state index < -0.39 is 0 Å². The Labute approximate surface area is 92.5 Å². The average molecular weight is 201 g/mol. The molecule has 0 saturated carbocycles. The second kappa shape index (κ2) is 3.41. The van der Waals surface area contributed by atoms with Gasteiger partial charge in [-0.05, 0) is 46.3 Å². The van der Waals surface area contributed by atoms with Gasteiger partial charge in [-0.25, -0.2) is 0 Å². The summed E-state index contributed by atoms with van der Waals surface area (Å²) in [6.45, 7) is 8.82. The summed E-state index contributed by atoms with van der Waals surface area (Å²) in [7, 11) is 0. The Morgan fingerprint density at radius 2 is 1.93 bits per heavy atom. The van der Waals surface area contributed by atoms with Crippen LogP contribution in [0.2, 0.25) is 0 Å². The van der Waals surface area contributed by atoms with Gasteiger partial charge in [-0.1, -0.05) is 23.3 Å². The Morgan fingerprint density at radius 1 is 1.20 bits per heavy atom. The summed E-state index contributed by atoms with van der Waals surface area (Å²) in [4.78, 5) is 2.37. The van der Waals surface area contributed by atoms with E-state index in [9.17, 15) is 0 Å². The van der Waals surface area contributed by atoms with E-state index >= 15 is 0 Å². The van der Waals surface area contributed by atoms with Gasteiger partial charge < -0.3 is 4.90 Å². The molecule has 0 bridgehead atoms. The van der Waals surface area contributed by atoms with E-state index in [0.29, 0.717) is 0 Å². The molecule has 2 aliphatic rings. The van der Waals surface area contributed by atoms with Gasteiger partial charge >= 0.3 is 0 Å². The third-order valence-electron chi connectivity index (χ3n) is 3.23. The highest BCUT2D eigenvalue weighted by molar-refractivity contribution is 5.36. The maximum absolute atomic E-state index is 2.37. The number of fused-ring (bicyclic) bond motifs is 1. The van der Waals surface area contributed by atoms with Crippen LogP contribution in [-0.2, 0) is 0 Å². The normalized spacial score (nSPS) is 30.1. The van der Waals surface area contributed by atoms with Gasteiger partial charge in [0.15, 0.2) is 0 Å². The van der Waals surface area contributed by atoms with Crippen molar-refractivity contribution >= 4 is 0 Å². The lowest BCUT2D eigenvalue weighted by molar-refractivity contribution is 0.268. The van der Waals surface area contributed by atoms with Crippen molar-refractivity contribution in [2.24, 2.45) is 0 Å². The third-order valence-corrected chi connectivity index (χ3v) is 3.23. The van der Waals surface area contributed by atoms with Gasteiger partial charge in [-0.2, -0.15) is 0 Å². The van der Waals surface area contributed by atoms with Crippen LogP contribution in [0.4, 0.5) is 0 Å². The summed E-state index contributed by atoms with van der Waals surface area (Å²) in [5.41, 5.74) is 4.17. The van der Waals surface area contributed by atoms with E-state index in [1.807, 2.05) is 0 Å². The Balaban J connectivity index is 2.46. The lowest BCUT2D eigenvalue weighted by atomic mass is 9.89. The molecule has 80 valence electrons. The number of hydrogen-bond donors (Lipinski definition) is 0. The molecule has 1 heteroatoms. The topological polar surface area (TPSA) is 3.24 Å². The van der Waals surface area contributed by atoms with E-state index in [1.54, 1.807) is 0 Å². The maximum atomic E-state index is 2.37. The van der Waals surface area contributed by atoms with Crippen molar-refractivity contribution in [3.63, 3.8) is 0 Å². The Hall–Kier alpha value is -1.24. The number of allylic oxidation sites excluding steroid dienone is 5. The van der Waals surface area contributed by atoms with Crippen LogP contribution in [-0.4, -0.2) is 10.4 Å². The van der Waals surface area contributed by atoms with E-state index in [2.05, 4.69) is 63.1 Å². The van der Waals surface area contributed by atoms with Gasteiger partial charge in [0.05, 0.1) is 5.54 Å². The Bertz CT molecular complexity index is 396. The molecular formula is C14H19N. The molecule has 0 spiro atoms. The van der Waals surface area contributed by atoms with Crippen molar-refractivity contribution in [2.45, 2.75) is 39.7 Å². The first-order valence-corrected chi connectivity index (χ1v) is 5.53. The summed E-state index contributed by atoms with van der Waals surface area (Å²) in [5.74, 6) is 0. The molecule has 0 fully saturated rings. The predicted octanol–water partition coefficient (Wildman–Crippen LogP) is 3.77. The molecular weight excluding hydrogens is 182 g/mol. The minimum Gasteiger partial charge on any atom is -0.342 e. The van der Waals surface area contributed by atoms with Crippen molar-refractivity contribution in [1.82, 2.24) is 4.90 Å². The van der Waals surface area contributed by atoms with Crippen LogP contribution in [0.3, 0.4) is 0 Å². The number of nitrogens with zero attached hydrogens (tertiary/aromatic N) is 1. The largest absolute Gasteiger partial charge is 0.342 e. The molecule has 2 aliphatic heterocycles. The van der Waals surface area contributed by atoms with Crippen LogP contribution in [0.1, 0.15) is 34.1 Å². The zero-order valence-electron chi connectivity index (χ0n) is 10.0. The minimum absolute atomic E-state index is 0.122. The first-order valence-electron chi connectivity index (χ1n) is 5.53. The van der Waals surface area contributed by atoms with Crippen molar-refractivity contribution in [3.05, 3.63) is 47.3 Å². The van der Waals surface area contributed by atoms with Crippen molar-refractivity contribution < 1.29 is 0 Å². The molecule has 0 aromatic heterocycles. The van der Waals surface area contributed by atoms with E-state index in [0.717, 1.165) is 6.42 Å². The fraction of sp³-hybridized carbons (Fsp3) is 0.429. The van der Waals surface area contributed by atoms with Crippen molar-refractivity contribution in [3.8, 4) is 0 Å². The van der Waals surface area contributed by atoms with Crippen molar-refractivity contribution in [2.75, 3.05) is 0 Å². The highest BCUT2D eigenvalue weighted by Gasteiger charge is 2.31. The highest BCUT2D eigenvalue weighted by Crippen LogP contribution is 2.34. The van der Waals surface area contributed by atoms with Crippen LogP contribution in [0.25, 0.3) is 0 Å². The van der Waals surface area contributed by atoms with Crippen LogP contribution >= 0.6 is 0 Å². The molecule has 1 atom stereocenters. The smallest absolute Gasteiger partial charge is 0.0636 e. The maximum Gasteiger partial charge on any atom is 0.0636 e. The number of hydrogen-bond acceptors (Lipinski definition) is 1. The summed E-state index contributed by atoms with van der Waals surface area (Å²) in [5, 5.41) is 0. The first-order chi connectivity index (χ1) is 7.01. The minimum atomic E-state index is 0.122. The monoisotopic (exact) mass is 201 g/mol. The van der Waals surface area contributed by atoms with Gasteiger partial charge in [0.25, 0.3) is 0 Å². The molecule has 0 radical (unpaired) electrons. The van der Waals surface area contributed by atoms with Crippen LogP contribution in [0.5, 0.6) is 0 Å². The fourth-order valence-corrected chi connectivity index (χ4v) is 2.48. The average Bonchev–Trinajstić information content (AvgIpc) is 2.26. The lowest BCUT2D eigenvalue weighted by Gasteiger charge is -2.41. The molecule has 0 N–H and O–H groups in total. The zero-order valence-corrected chi connectivity index (χ0v) is 10.0. The summed E-state index contributed by atoms with van der Waals surface area (Å²) in [6, 6.07) is 0. The van der Waals surface area contributed by atoms with Crippen LogP contribution in [0, 0.1) is 0 Å². The van der Waals surface area contributed by atoms with Crippen LogP contribution in [0.15, 0.2) is 47.3 Å². The molecule has 2 rings (SSSR count). The summed E-state index contributed by atoms with van der Waals surface area (Å²) >= 11 is 0. The molecule has 0 aliphatic carbocycles. The summed E-state index contributed by atoms with van der Waals surface area (Å²) in [6.07, 6.45) is 12.4. The summed E-state index contributed by atoms with van der Waals surface area (Å²) < 4.78 is 0. The van der Waals surface area contributed by atoms with Gasteiger partial charge in [0.1, 0.15) is 0 Å². The molecule has 0 unspecified atom stereocenters. The van der Waals surface area contributed by atoms with E-state index in [-0.39, 0.29) is 5.54 Å². The Kier molecular flexibility index (Phi) is 2.34. The van der Waals surface area contributed by atoms with E-state index in [1.165, 1.54) is 16.8 Å². The first kappa shape index (κ1) is 10.3. The lowest BCUT2D eigenvalue weighted by Crippen LogP contribution is -2.41. The number of rotatable bonds is 0. The second-order valence-electron chi connectivity index (χ2n) is 4.87. The SMILES string of the molecule is CC1=CC[C@]2(C)C=C(C)C=C(C)N2C=C1. The molecule has 0 saturated heterocycles. The predicted molar refractivity (Wildman–Crippen MR) is 65.3 cm³/mol. The Morgan fingerprint density at radius 3 is 2.67 bits per heavy atom. The third kappa shape index (κ3) is 1.79. The molecule has 1 nitrogen and oxygen atoms in total. The molecule has 0 aromatic carbocycles. The van der Waals surface area contributed by atoms with Crippen molar-refractivity contribution in [1.29, 1.82) is 0 Å². The van der Waals surface area contributed by atoms with E-state index in [4.69, 9.17) is 0 Å². The molecule has 2 heterocycles. The highest BCUT2D eigenvalue weighted by atomic mass is 15.2.